The van der Waals surface area contributed by atoms with Crippen LogP contribution in [0.5, 0.6) is 11.5 Å². The quantitative estimate of drug-likeness (QED) is 0.715. The highest BCUT2D eigenvalue weighted by atomic mass is 16.6. The first kappa shape index (κ1) is 18.3. The van der Waals surface area contributed by atoms with Gasteiger partial charge in [0, 0.05) is 23.5 Å². The fraction of sp³-hybridized carbons (Fsp3) is 0.273. The first-order valence-electron chi connectivity index (χ1n) is 9.41. The van der Waals surface area contributed by atoms with Gasteiger partial charge in [-0.05, 0) is 44.3 Å². The maximum Gasteiger partial charge on any atom is 0.252 e. The van der Waals surface area contributed by atoms with Crippen LogP contribution in [0.1, 0.15) is 17.3 Å². The molecule has 144 valence electrons. The summed E-state index contributed by atoms with van der Waals surface area (Å²) in [4.78, 5) is 17.6. The summed E-state index contributed by atoms with van der Waals surface area (Å²) in [6.07, 6.45) is 0. The predicted molar refractivity (Wildman–Crippen MR) is 109 cm³/mol. The molecule has 1 amide bonds. The van der Waals surface area contributed by atoms with Crippen molar-refractivity contribution in [3.05, 3.63) is 54.1 Å². The number of amides is 1. The van der Waals surface area contributed by atoms with E-state index in [9.17, 15) is 4.79 Å². The van der Waals surface area contributed by atoms with Gasteiger partial charge in [0.2, 0.25) is 0 Å². The fourth-order valence-electron chi connectivity index (χ4n) is 3.16. The third kappa shape index (κ3) is 3.64. The van der Waals surface area contributed by atoms with Gasteiger partial charge in [-0.3, -0.25) is 4.79 Å². The smallest absolute Gasteiger partial charge is 0.252 e. The van der Waals surface area contributed by atoms with E-state index in [0.29, 0.717) is 31.1 Å². The first-order chi connectivity index (χ1) is 13.7. The molecule has 4 rings (SSSR count). The van der Waals surface area contributed by atoms with Crippen molar-refractivity contribution < 1.29 is 14.3 Å². The van der Waals surface area contributed by atoms with E-state index in [-0.39, 0.29) is 11.9 Å². The molecule has 1 aliphatic heterocycles. The molecule has 2 N–H and O–H groups in total. The van der Waals surface area contributed by atoms with Crippen LogP contribution in [0.3, 0.4) is 0 Å². The van der Waals surface area contributed by atoms with Crippen LogP contribution in [-0.4, -0.2) is 43.7 Å². The van der Waals surface area contributed by atoms with Gasteiger partial charge in [-0.25, -0.2) is 4.98 Å². The lowest BCUT2D eigenvalue weighted by atomic mass is 10.0. The number of hydrogen-bond donors (Lipinski definition) is 2. The summed E-state index contributed by atoms with van der Waals surface area (Å²) in [5, 5.41) is 6.95. The number of ether oxygens (including phenoxy) is 2. The van der Waals surface area contributed by atoms with Crippen LogP contribution in [0.2, 0.25) is 0 Å². The van der Waals surface area contributed by atoms with E-state index < -0.39 is 0 Å². The molecule has 0 aliphatic carbocycles. The Hall–Kier alpha value is -3.12. The monoisotopic (exact) mass is 377 g/mol. The Balaban J connectivity index is 1.75. The van der Waals surface area contributed by atoms with Crippen molar-refractivity contribution in [2.45, 2.75) is 13.0 Å². The zero-order chi connectivity index (χ0) is 19.5. The third-order valence-corrected chi connectivity index (χ3v) is 4.86. The molecule has 0 spiro atoms. The summed E-state index contributed by atoms with van der Waals surface area (Å²) >= 11 is 0. The number of carbonyl (C=O) groups excluding carboxylic acids is 1. The molecule has 28 heavy (non-hydrogen) atoms. The molecule has 0 saturated heterocycles. The zero-order valence-electron chi connectivity index (χ0n) is 16.0. The molecular weight excluding hydrogens is 354 g/mol. The second-order valence-corrected chi connectivity index (χ2v) is 6.83. The number of aromatic nitrogens is 1. The Morgan fingerprint density at radius 2 is 1.89 bits per heavy atom. The predicted octanol–water partition coefficient (Wildman–Crippen LogP) is 3.01. The van der Waals surface area contributed by atoms with E-state index in [4.69, 9.17) is 14.5 Å². The number of fused-ring (bicyclic) bond motifs is 2. The van der Waals surface area contributed by atoms with Crippen molar-refractivity contribution in [3.63, 3.8) is 0 Å². The molecule has 0 radical (unpaired) electrons. The van der Waals surface area contributed by atoms with Crippen molar-refractivity contribution in [3.8, 4) is 22.8 Å². The van der Waals surface area contributed by atoms with Gasteiger partial charge in [0.15, 0.2) is 11.5 Å². The van der Waals surface area contributed by atoms with Crippen molar-refractivity contribution in [1.29, 1.82) is 0 Å². The fourth-order valence-corrected chi connectivity index (χ4v) is 3.16. The van der Waals surface area contributed by atoms with E-state index in [1.54, 1.807) is 0 Å². The zero-order valence-corrected chi connectivity index (χ0v) is 16.0. The molecule has 0 fully saturated rings. The minimum Gasteiger partial charge on any atom is -0.486 e. The Morgan fingerprint density at radius 1 is 1.11 bits per heavy atom. The van der Waals surface area contributed by atoms with Crippen LogP contribution in [0.15, 0.2) is 48.5 Å². The minimum atomic E-state index is -0.112. The Morgan fingerprint density at radius 3 is 2.71 bits per heavy atom. The maximum atomic E-state index is 12.9. The van der Waals surface area contributed by atoms with Gasteiger partial charge in [0.25, 0.3) is 5.91 Å². The van der Waals surface area contributed by atoms with Crippen molar-refractivity contribution in [1.82, 2.24) is 15.6 Å². The largest absolute Gasteiger partial charge is 0.486 e. The number of rotatable bonds is 5. The van der Waals surface area contributed by atoms with Crippen LogP contribution in [0.4, 0.5) is 0 Å². The van der Waals surface area contributed by atoms with Crippen LogP contribution in [0, 0.1) is 0 Å². The van der Waals surface area contributed by atoms with Crippen LogP contribution in [0.25, 0.3) is 22.2 Å². The number of benzene rings is 2. The van der Waals surface area contributed by atoms with Crippen molar-refractivity contribution >= 4 is 16.8 Å². The molecule has 6 heteroatoms. The summed E-state index contributed by atoms with van der Waals surface area (Å²) in [6.45, 7) is 3.64. The standard InChI is InChI=1S/C22H23N3O3/c1-14(23-2)13-24-22(26)17-12-19(25-18-6-4-3-5-16(17)18)15-7-8-20-21(11-15)28-10-9-27-20/h3-8,11-12,14,23H,9-10,13H2,1-2H3,(H,24,26). The summed E-state index contributed by atoms with van der Waals surface area (Å²) < 4.78 is 11.3. The van der Waals surface area contributed by atoms with Gasteiger partial charge in [0.1, 0.15) is 13.2 Å². The number of pyridine rings is 1. The number of carbonyl (C=O) groups is 1. The molecule has 0 bridgehead atoms. The van der Waals surface area contributed by atoms with Crippen molar-refractivity contribution in [2.75, 3.05) is 26.8 Å². The van der Waals surface area contributed by atoms with E-state index >= 15 is 0 Å². The average Bonchev–Trinajstić information content (AvgIpc) is 2.76. The SMILES string of the molecule is CNC(C)CNC(=O)c1cc(-c2ccc3c(c2)OCCO3)nc2ccccc12. The molecule has 3 aromatic rings. The van der Waals surface area contributed by atoms with Gasteiger partial charge in [0.05, 0.1) is 16.8 Å². The molecule has 1 aliphatic rings. The Labute approximate surface area is 163 Å². The number of likely N-dealkylation sites (N-methyl/N-ethyl adjacent to an activating group) is 1. The summed E-state index contributed by atoms with van der Waals surface area (Å²) in [5.41, 5.74) is 3.00. The van der Waals surface area contributed by atoms with Gasteiger partial charge in [-0.15, -0.1) is 0 Å². The molecule has 2 heterocycles. The maximum absolute atomic E-state index is 12.9. The highest BCUT2D eigenvalue weighted by Gasteiger charge is 2.17. The molecule has 6 nitrogen and oxygen atoms in total. The lowest BCUT2D eigenvalue weighted by Crippen LogP contribution is -2.37. The number of nitrogens with zero attached hydrogens (tertiary/aromatic N) is 1. The normalized spacial score (nSPS) is 13.9. The molecule has 1 aromatic heterocycles. The summed E-state index contributed by atoms with van der Waals surface area (Å²) in [6, 6.07) is 15.5. The molecule has 1 unspecified atom stereocenters. The van der Waals surface area contributed by atoms with Gasteiger partial charge < -0.3 is 20.1 Å². The highest BCUT2D eigenvalue weighted by Crippen LogP contribution is 2.35. The van der Waals surface area contributed by atoms with E-state index in [1.165, 1.54) is 0 Å². The lowest BCUT2D eigenvalue weighted by Gasteiger charge is -2.19. The highest BCUT2D eigenvalue weighted by molar-refractivity contribution is 6.07. The van der Waals surface area contributed by atoms with E-state index in [2.05, 4.69) is 10.6 Å². The lowest BCUT2D eigenvalue weighted by molar-refractivity contribution is 0.0952. The van der Waals surface area contributed by atoms with Gasteiger partial charge >= 0.3 is 0 Å². The number of nitrogens with one attached hydrogen (secondary N) is 2. The number of hydrogen-bond acceptors (Lipinski definition) is 5. The second kappa shape index (κ2) is 7.86. The molecule has 2 aromatic carbocycles. The summed E-state index contributed by atoms with van der Waals surface area (Å²) in [5.74, 6) is 1.32. The van der Waals surface area contributed by atoms with Crippen LogP contribution < -0.4 is 20.1 Å². The minimum absolute atomic E-state index is 0.112. The number of para-hydroxylation sites is 1. The van der Waals surface area contributed by atoms with Gasteiger partial charge in [-0.1, -0.05) is 18.2 Å². The van der Waals surface area contributed by atoms with Gasteiger partial charge in [-0.2, -0.15) is 0 Å². The van der Waals surface area contributed by atoms with E-state index in [1.807, 2.05) is 62.5 Å². The van der Waals surface area contributed by atoms with Crippen LogP contribution >= 0.6 is 0 Å². The molecule has 0 saturated carbocycles. The second-order valence-electron chi connectivity index (χ2n) is 6.83. The van der Waals surface area contributed by atoms with Crippen molar-refractivity contribution in [2.24, 2.45) is 0 Å². The molecule has 1 atom stereocenters. The third-order valence-electron chi connectivity index (χ3n) is 4.86. The Kier molecular flexibility index (Phi) is 5.12. The van der Waals surface area contributed by atoms with Crippen LogP contribution in [-0.2, 0) is 0 Å². The topological polar surface area (TPSA) is 72.5 Å². The average molecular weight is 377 g/mol. The summed E-state index contributed by atoms with van der Waals surface area (Å²) in [7, 11) is 1.87. The first-order valence-corrected chi connectivity index (χ1v) is 9.41. The Bertz CT molecular complexity index is 1020. The molecular formula is C22H23N3O3. The van der Waals surface area contributed by atoms with E-state index in [0.717, 1.165) is 27.9 Å².